The number of hydrogen-bond acceptors (Lipinski definition) is 6. The quantitative estimate of drug-likeness (QED) is 0.598. The van der Waals surface area contributed by atoms with Gasteiger partial charge in [-0.25, -0.2) is 0 Å². The summed E-state index contributed by atoms with van der Waals surface area (Å²) in [6.45, 7) is 1.43. The van der Waals surface area contributed by atoms with Crippen molar-refractivity contribution in [2.75, 3.05) is 24.5 Å². The Bertz CT molecular complexity index is 1060. The third-order valence-electron chi connectivity index (χ3n) is 5.32. The molecule has 29 heavy (non-hydrogen) atoms. The number of nitrogens with zero attached hydrogens (tertiary/aromatic N) is 4. The Morgan fingerprint density at radius 2 is 2.03 bits per heavy atom. The minimum absolute atomic E-state index is 0.00197. The number of rotatable bonds is 4. The van der Waals surface area contributed by atoms with Crippen LogP contribution in [0.1, 0.15) is 18.2 Å². The van der Waals surface area contributed by atoms with Crippen molar-refractivity contribution in [2.24, 2.45) is 5.92 Å². The smallest absolute Gasteiger partial charge is 0.238 e. The van der Waals surface area contributed by atoms with Gasteiger partial charge >= 0.3 is 0 Å². The molecule has 2 aromatic heterocycles. The lowest BCUT2D eigenvalue weighted by atomic mass is 9.96. The van der Waals surface area contributed by atoms with Gasteiger partial charge in [0.05, 0.1) is 18.1 Å². The number of halogens is 1. The second kappa shape index (κ2) is 7.14. The van der Waals surface area contributed by atoms with Crippen LogP contribution in [-0.4, -0.2) is 46.5 Å². The number of hydrogen-bond donors (Lipinski definition) is 0. The van der Waals surface area contributed by atoms with Crippen LogP contribution < -0.4 is 4.90 Å². The summed E-state index contributed by atoms with van der Waals surface area (Å²) in [6, 6.07) is 11.1. The highest BCUT2D eigenvalue weighted by Crippen LogP contribution is 2.32. The van der Waals surface area contributed by atoms with E-state index in [0.29, 0.717) is 37.1 Å². The van der Waals surface area contributed by atoms with Gasteiger partial charge in [0, 0.05) is 36.2 Å². The first-order valence-electron chi connectivity index (χ1n) is 9.30. The SMILES string of the molecule is O=C(C1CC(=O)N(c2cccc(Br)c2)C1)N1CC(c2nc(-c3ccco3)no2)C1. The van der Waals surface area contributed by atoms with Crippen molar-refractivity contribution in [2.45, 2.75) is 12.3 Å². The standard InChI is InChI=1S/C20H17BrN4O4/c21-14-3-1-4-15(8-14)25-11-12(7-17(25)26)20(27)24-9-13(10-24)19-22-18(23-29-19)16-5-2-6-28-16/h1-6,8,12-13H,7,9-11H2. The molecule has 0 spiro atoms. The summed E-state index contributed by atoms with van der Waals surface area (Å²) in [7, 11) is 0. The molecule has 148 valence electrons. The molecule has 0 radical (unpaired) electrons. The van der Waals surface area contributed by atoms with Crippen LogP contribution in [0.3, 0.4) is 0 Å². The number of anilines is 1. The van der Waals surface area contributed by atoms with Gasteiger partial charge in [-0.15, -0.1) is 0 Å². The molecule has 2 fully saturated rings. The second-order valence-electron chi connectivity index (χ2n) is 7.26. The van der Waals surface area contributed by atoms with Gasteiger partial charge in [0.15, 0.2) is 5.76 Å². The summed E-state index contributed by atoms with van der Waals surface area (Å²) in [5, 5.41) is 3.93. The fraction of sp³-hybridized carbons (Fsp3) is 0.300. The summed E-state index contributed by atoms with van der Waals surface area (Å²) < 4.78 is 11.5. The van der Waals surface area contributed by atoms with E-state index in [-0.39, 0.29) is 30.1 Å². The molecule has 0 N–H and O–H groups in total. The molecule has 2 aliphatic rings. The third-order valence-corrected chi connectivity index (χ3v) is 5.81. The number of amides is 2. The van der Waals surface area contributed by atoms with E-state index < -0.39 is 0 Å². The predicted octanol–water partition coefficient (Wildman–Crippen LogP) is 3.07. The molecule has 5 rings (SSSR count). The van der Waals surface area contributed by atoms with E-state index in [9.17, 15) is 9.59 Å². The van der Waals surface area contributed by atoms with Crippen LogP contribution >= 0.6 is 15.9 Å². The lowest BCUT2D eigenvalue weighted by molar-refractivity contribution is -0.140. The first kappa shape index (κ1) is 18.1. The molecule has 2 saturated heterocycles. The highest BCUT2D eigenvalue weighted by molar-refractivity contribution is 9.10. The van der Waals surface area contributed by atoms with E-state index in [1.165, 1.54) is 0 Å². The zero-order valence-corrected chi connectivity index (χ0v) is 16.9. The van der Waals surface area contributed by atoms with Crippen LogP contribution in [0, 0.1) is 5.92 Å². The van der Waals surface area contributed by atoms with E-state index >= 15 is 0 Å². The number of carbonyl (C=O) groups excluding carboxylic acids is 2. The maximum atomic E-state index is 12.8. The van der Waals surface area contributed by atoms with Crippen LogP contribution in [0.2, 0.25) is 0 Å². The van der Waals surface area contributed by atoms with Gasteiger partial charge < -0.3 is 18.7 Å². The zero-order valence-electron chi connectivity index (χ0n) is 15.3. The Morgan fingerprint density at radius 3 is 2.79 bits per heavy atom. The van der Waals surface area contributed by atoms with E-state index in [0.717, 1.165) is 10.2 Å². The monoisotopic (exact) mass is 456 g/mol. The van der Waals surface area contributed by atoms with Crippen molar-refractivity contribution in [1.29, 1.82) is 0 Å². The van der Waals surface area contributed by atoms with Crippen LogP contribution in [0.5, 0.6) is 0 Å². The molecular formula is C20H17BrN4O4. The summed E-state index contributed by atoms with van der Waals surface area (Å²) in [6.07, 6.45) is 1.78. The van der Waals surface area contributed by atoms with Gasteiger partial charge in [0.25, 0.3) is 0 Å². The van der Waals surface area contributed by atoms with Crippen molar-refractivity contribution >= 4 is 33.4 Å². The average Bonchev–Trinajstić information content (AvgIpc) is 3.41. The summed E-state index contributed by atoms with van der Waals surface area (Å²) >= 11 is 3.42. The Balaban J connectivity index is 1.20. The lowest BCUT2D eigenvalue weighted by Crippen LogP contribution is -2.51. The molecule has 8 nitrogen and oxygen atoms in total. The van der Waals surface area contributed by atoms with Crippen molar-refractivity contribution in [1.82, 2.24) is 15.0 Å². The highest BCUT2D eigenvalue weighted by Gasteiger charge is 2.42. The molecule has 1 atom stereocenters. The van der Waals surface area contributed by atoms with Crippen LogP contribution in [-0.2, 0) is 9.59 Å². The van der Waals surface area contributed by atoms with Crippen molar-refractivity contribution < 1.29 is 18.5 Å². The molecule has 9 heteroatoms. The maximum Gasteiger partial charge on any atom is 0.238 e. The van der Waals surface area contributed by atoms with Crippen LogP contribution in [0.15, 0.2) is 56.1 Å². The Kier molecular flexibility index (Phi) is 4.46. The molecule has 2 aliphatic heterocycles. The first-order valence-corrected chi connectivity index (χ1v) is 10.1. The molecular weight excluding hydrogens is 440 g/mol. The summed E-state index contributed by atoms with van der Waals surface area (Å²) in [5.74, 6) is 1.09. The van der Waals surface area contributed by atoms with Crippen molar-refractivity contribution in [3.05, 3.63) is 53.0 Å². The molecule has 3 aromatic rings. The van der Waals surface area contributed by atoms with E-state index in [1.54, 1.807) is 28.2 Å². The number of benzene rings is 1. The second-order valence-corrected chi connectivity index (χ2v) is 8.17. The molecule has 1 unspecified atom stereocenters. The number of carbonyl (C=O) groups is 2. The van der Waals surface area contributed by atoms with Gasteiger partial charge in [-0.05, 0) is 30.3 Å². The normalized spacial score (nSPS) is 19.6. The fourth-order valence-corrected chi connectivity index (χ4v) is 4.13. The van der Waals surface area contributed by atoms with E-state index in [2.05, 4.69) is 26.1 Å². The van der Waals surface area contributed by atoms with E-state index in [1.807, 2.05) is 24.3 Å². The molecule has 0 bridgehead atoms. The minimum Gasteiger partial charge on any atom is -0.461 e. The molecule has 2 amide bonds. The summed E-state index contributed by atoms with van der Waals surface area (Å²) in [5.41, 5.74) is 0.803. The highest BCUT2D eigenvalue weighted by atomic mass is 79.9. The van der Waals surface area contributed by atoms with Crippen molar-refractivity contribution in [3.8, 4) is 11.6 Å². The average molecular weight is 457 g/mol. The maximum absolute atomic E-state index is 12.8. The van der Waals surface area contributed by atoms with Crippen LogP contribution in [0.25, 0.3) is 11.6 Å². The predicted molar refractivity (Wildman–Crippen MR) is 106 cm³/mol. The molecule has 0 saturated carbocycles. The molecule has 4 heterocycles. The lowest BCUT2D eigenvalue weighted by Gasteiger charge is -2.38. The summed E-state index contributed by atoms with van der Waals surface area (Å²) in [4.78, 5) is 33.1. The van der Waals surface area contributed by atoms with Gasteiger partial charge in [-0.1, -0.05) is 27.2 Å². The fourth-order valence-electron chi connectivity index (χ4n) is 3.75. The number of furan rings is 1. The largest absolute Gasteiger partial charge is 0.461 e. The Hall–Kier alpha value is -2.94. The van der Waals surface area contributed by atoms with Gasteiger partial charge in [0.2, 0.25) is 23.5 Å². The van der Waals surface area contributed by atoms with Gasteiger partial charge in [-0.2, -0.15) is 4.98 Å². The number of aromatic nitrogens is 2. The zero-order chi connectivity index (χ0) is 20.0. The molecule has 1 aromatic carbocycles. The Labute approximate surface area is 174 Å². The van der Waals surface area contributed by atoms with Crippen molar-refractivity contribution in [3.63, 3.8) is 0 Å². The van der Waals surface area contributed by atoms with E-state index in [4.69, 9.17) is 8.94 Å². The topological polar surface area (TPSA) is 92.7 Å². The molecule has 0 aliphatic carbocycles. The Morgan fingerprint density at radius 1 is 1.17 bits per heavy atom. The van der Waals surface area contributed by atoms with Crippen LogP contribution in [0.4, 0.5) is 5.69 Å². The third kappa shape index (κ3) is 3.35. The first-order chi connectivity index (χ1) is 14.1. The van der Waals surface area contributed by atoms with Gasteiger partial charge in [-0.3, -0.25) is 9.59 Å². The minimum atomic E-state index is -0.330. The van der Waals surface area contributed by atoms with Gasteiger partial charge in [0.1, 0.15) is 0 Å². The number of likely N-dealkylation sites (tertiary alicyclic amines) is 1.